The van der Waals surface area contributed by atoms with E-state index in [1.54, 1.807) is 11.8 Å². The third kappa shape index (κ3) is 8.57. The minimum atomic E-state index is -0.258. The summed E-state index contributed by atoms with van der Waals surface area (Å²) in [4.78, 5) is 26.0. The summed E-state index contributed by atoms with van der Waals surface area (Å²) in [6.45, 7) is 10.0. The van der Waals surface area contributed by atoms with E-state index in [0.717, 1.165) is 17.7 Å². The molecule has 140 valence electrons. The number of benzene rings is 1. The van der Waals surface area contributed by atoms with Crippen LogP contribution in [0.1, 0.15) is 46.1 Å². The Balaban J connectivity index is 2.64. The number of rotatable bonds is 11. The first-order valence-corrected chi connectivity index (χ1v) is 9.11. The Bertz CT molecular complexity index is 525. The molecule has 0 aliphatic rings. The van der Waals surface area contributed by atoms with Gasteiger partial charge in [0, 0.05) is 13.1 Å². The third-order valence-corrected chi connectivity index (χ3v) is 3.81. The summed E-state index contributed by atoms with van der Waals surface area (Å²) in [5, 5.41) is 0. The first-order chi connectivity index (χ1) is 12.0. The quantitative estimate of drug-likeness (QED) is 0.574. The molecule has 1 aromatic rings. The zero-order valence-corrected chi connectivity index (χ0v) is 15.9. The summed E-state index contributed by atoms with van der Waals surface area (Å²) in [5.41, 5.74) is 0.944. The summed E-state index contributed by atoms with van der Waals surface area (Å²) >= 11 is 0. The van der Waals surface area contributed by atoms with E-state index in [1.165, 1.54) is 0 Å². The lowest BCUT2D eigenvalue weighted by molar-refractivity contribution is -0.144. The predicted molar refractivity (Wildman–Crippen MR) is 98.6 cm³/mol. The summed E-state index contributed by atoms with van der Waals surface area (Å²) in [7, 11) is 0. The SMILES string of the molecule is CCOC(=O)CCN(CCC(C)C)C(=O)Cc1ccc(OCC)cc1. The molecule has 1 aromatic carbocycles. The Hall–Kier alpha value is -2.04. The molecule has 0 aromatic heterocycles. The maximum Gasteiger partial charge on any atom is 0.307 e. The van der Waals surface area contributed by atoms with E-state index in [-0.39, 0.29) is 18.3 Å². The van der Waals surface area contributed by atoms with E-state index in [2.05, 4.69) is 13.8 Å². The van der Waals surface area contributed by atoms with Crippen LogP contribution in [0.25, 0.3) is 0 Å². The number of ether oxygens (including phenoxy) is 2. The van der Waals surface area contributed by atoms with Crippen LogP contribution in [0.2, 0.25) is 0 Å². The van der Waals surface area contributed by atoms with Crippen LogP contribution in [0.15, 0.2) is 24.3 Å². The maximum absolute atomic E-state index is 12.6. The lowest BCUT2D eigenvalue weighted by atomic mass is 10.1. The van der Waals surface area contributed by atoms with Crippen molar-refractivity contribution in [3.63, 3.8) is 0 Å². The van der Waals surface area contributed by atoms with E-state index in [1.807, 2.05) is 31.2 Å². The molecule has 0 fully saturated rings. The van der Waals surface area contributed by atoms with Crippen molar-refractivity contribution >= 4 is 11.9 Å². The molecular formula is C20H31NO4. The monoisotopic (exact) mass is 349 g/mol. The van der Waals surface area contributed by atoms with Crippen molar-refractivity contribution < 1.29 is 19.1 Å². The smallest absolute Gasteiger partial charge is 0.307 e. The highest BCUT2D eigenvalue weighted by Gasteiger charge is 2.16. The molecule has 0 radical (unpaired) electrons. The van der Waals surface area contributed by atoms with Gasteiger partial charge < -0.3 is 14.4 Å². The van der Waals surface area contributed by atoms with Gasteiger partial charge in [-0.25, -0.2) is 0 Å². The molecule has 0 spiro atoms. The van der Waals surface area contributed by atoms with Crippen LogP contribution in [-0.2, 0) is 20.7 Å². The van der Waals surface area contributed by atoms with Crippen molar-refractivity contribution in [2.24, 2.45) is 5.92 Å². The Kier molecular flexibility index (Phi) is 9.66. The maximum atomic E-state index is 12.6. The van der Waals surface area contributed by atoms with Crippen LogP contribution >= 0.6 is 0 Å². The molecule has 0 N–H and O–H groups in total. The van der Waals surface area contributed by atoms with Crippen molar-refractivity contribution in [2.45, 2.75) is 47.0 Å². The van der Waals surface area contributed by atoms with E-state index in [4.69, 9.17) is 9.47 Å². The summed E-state index contributed by atoms with van der Waals surface area (Å²) in [6.07, 6.45) is 1.48. The highest BCUT2D eigenvalue weighted by atomic mass is 16.5. The number of esters is 1. The fraction of sp³-hybridized carbons (Fsp3) is 0.600. The van der Waals surface area contributed by atoms with Crippen LogP contribution in [-0.4, -0.2) is 43.1 Å². The molecule has 0 saturated carbocycles. The lowest BCUT2D eigenvalue weighted by Crippen LogP contribution is -2.35. The molecule has 0 saturated heterocycles. The fourth-order valence-electron chi connectivity index (χ4n) is 2.39. The number of hydrogen-bond acceptors (Lipinski definition) is 4. The molecule has 25 heavy (non-hydrogen) atoms. The van der Waals surface area contributed by atoms with E-state index in [9.17, 15) is 9.59 Å². The second-order valence-electron chi connectivity index (χ2n) is 6.37. The molecule has 0 heterocycles. The number of hydrogen-bond donors (Lipinski definition) is 0. The second-order valence-corrected chi connectivity index (χ2v) is 6.37. The highest BCUT2D eigenvalue weighted by molar-refractivity contribution is 5.79. The minimum Gasteiger partial charge on any atom is -0.494 e. The van der Waals surface area contributed by atoms with Crippen molar-refractivity contribution in [3.05, 3.63) is 29.8 Å². The van der Waals surface area contributed by atoms with E-state index >= 15 is 0 Å². The Morgan fingerprint density at radius 1 is 1.04 bits per heavy atom. The van der Waals surface area contributed by atoms with Crippen molar-refractivity contribution in [3.8, 4) is 5.75 Å². The number of nitrogens with zero attached hydrogens (tertiary/aromatic N) is 1. The van der Waals surface area contributed by atoms with Gasteiger partial charge in [0.15, 0.2) is 0 Å². The molecule has 1 rings (SSSR count). The average molecular weight is 349 g/mol. The van der Waals surface area contributed by atoms with Gasteiger partial charge in [0.2, 0.25) is 5.91 Å². The lowest BCUT2D eigenvalue weighted by Gasteiger charge is -2.23. The van der Waals surface area contributed by atoms with Gasteiger partial charge in [0.25, 0.3) is 0 Å². The van der Waals surface area contributed by atoms with Crippen LogP contribution in [0.4, 0.5) is 0 Å². The van der Waals surface area contributed by atoms with Gasteiger partial charge in [-0.3, -0.25) is 9.59 Å². The topological polar surface area (TPSA) is 55.8 Å². The summed E-state index contributed by atoms with van der Waals surface area (Å²) in [6, 6.07) is 7.58. The summed E-state index contributed by atoms with van der Waals surface area (Å²) < 4.78 is 10.4. The van der Waals surface area contributed by atoms with Gasteiger partial charge in [-0.2, -0.15) is 0 Å². The van der Waals surface area contributed by atoms with Gasteiger partial charge in [0.1, 0.15) is 5.75 Å². The van der Waals surface area contributed by atoms with Crippen LogP contribution in [0.5, 0.6) is 5.75 Å². The Morgan fingerprint density at radius 2 is 1.72 bits per heavy atom. The Labute approximate surface area is 151 Å². The molecule has 0 aliphatic heterocycles. The average Bonchev–Trinajstić information content (AvgIpc) is 2.56. The van der Waals surface area contributed by atoms with Crippen LogP contribution in [0, 0.1) is 5.92 Å². The number of carbonyl (C=O) groups excluding carboxylic acids is 2. The fourth-order valence-corrected chi connectivity index (χ4v) is 2.39. The standard InChI is InChI=1S/C20H31NO4/c1-5-24-18-9-7-17(8-10-18)15-19(22)21(13-11-16(3)4)14-12-20(23)25-6-2/h7-10,16H,5-6,11-15H2,1-4H3. The first kappa shape index (κ1) is 21.0. The van der Waals surface area contributed by atoms with Gasteiger partial charge in [-0.1, -0.05) is 26.0 Å². The molecule has 0 unspecified atom stereocenters. The third-order valence-electron chi connectivity index (χ3n) is 3.81. The molecular weight excluding hydrogens is 318 g/mol. The van der Waals surface area contributed by atoms with Gasteiger partial charge in [0.05, 0.1) is 26.1 Å². The molecule has 0 bridgehead atoms. The molecule has 1 amide bonds. The number of carbonyl (C=O) groups is 2. The van der Waals surface area contributed by atoms with Crippen molar-refractivity contribution in [1.29, 1.82) is 0 Å². The first-order valence-electron chi connectivity index (χ1n) is 9.11. The second kappa shape index (κ2) is 11.5. The normalized spacial score (nSPS) is 10.6. The summed E-state index contributed by atoms with van der Waals surface area (Å²) in [5.74, 6) is 1.08. The molecule has 5 heteroatoms. The van der Waals surface area contributed by atoms with Gasteiger partial charge in [-0.15, -0.1) is 0 Å². The molecule has 0 aliphatic carbocycles. The zero-order chi connectivity index (χ0) is 18.7. The largest absolute Gasteiger partial charge is 0.494 e. The van der Waals surface area contributed by atoms with Crippen LogP contribution in [0.3, 0.4) is 0 Å². The molecule has 0 atom stereocenters. The van der Waals surface area contributed by atoms with Gasteiger partial charge in [-0.05, 0) is 43.9 Å². The van der Waals surface area contributed by atoms with Crippen LogP contribution < -0.4 is 4.74 Å². The van der Waals surface area contributed by atoms with E-state index < -0.39 is 0 Å². The minimum absolute atomic E-state index is 0.0362. The number of amides is 1. The highest BCUT2D eigenvalue weighted by Crippen LogP contribution is 2.14. The van der Waals surface area contributed by atoms with Crippen molar-refractivity contribution in [1.82, 2.24) is 4.90 Å². The Morgan fingerprint density at radius 3 is 2.28 bits per heavy atom. The van der Waals surface area contributed by atoms with Gasteiger partial charge >= 0.3 is 5.97 Å². The predicted octanol–water partition coefficient (Wildman–Crippen LogP) is 3.46. The van der Waals surface area contributed by atoms with Crippen molar-refractivity contribution in [2.75, 3.05) is 26.3 Å². The molecule has 5 nitrogen and oxygen atoms in total. The zero-order valence-electron chi connectivity index (χ0n) is 15.9. The van der Waals surface area contributed by atoms with E-state index in [0.29, 0.717) is 38.6 Å².